The van der Waals surface area contributed by atoms with Gasteiger partial charge in [-0.3, -0.25) is 4.79 Å². The van der Waals surface area contributed by atoms with Gasteiger partial charge in [-0.15, -0.1) is 0 Å². The molecule has 0 aliphatic carbocycles. The van der Waals surface area contributed by atoms with Gasteiger partial charge in [0.25, 0.3) is 6.23 Å². The quantitative estimate of drug-likeness (QED) is 0.382. The normalized spacial score (nSPS) is 19.2. The summed E-state index contributed by atoms with van der Waals surface area (Å²) >= 11 is 6.97. The number of methoxy groups -OCH3 is 1. The number of hydrogen-bond acceptors (Lipinski definition) is 5. The molecule has 156 valence electrons. The predicted molar refractivity (Wildman–Crippen MR) is 126 cm³/mol. The number of nitrogens with zero attached hydrogens (tertiary/aromatic N) is 2. The van der Waals surface area contributed by atoms with Crippen LogP contribution in [0.15, 0.2) is 80.8 Å². The first-order chi connectivity index (χ1) is 15.0. The largest absolute Gasteiger partial charge is 0.497 e. The molecule has 7 heteroatoms. The van der Waals surface area contributed by atoms with Gasteiger partial charge in [0.2, 0.25) is 5.78 Å². The van der Waals surface area contributed by atoms with Gasteiger partial charge in [-0.05, 0) is 60.2 Å². The summed E-state index contributed by atoms with van der Waals surface area (Å²) in [6.07, 6.45) is -0.140. The number of hydrogen-bond donors (Lipinski definition) is 0. The molecule has 5 rings (SSSR count). The molecule has 2 atom stereocenters. The standard InChI is InChI=1S/C24H18Br2N2O3/c1-30-18-9-4-14(5-10-18)20-13-21-19-12-17(26)8-11-22(19)31-24(28(21)27-20)23(29)15-2-6-16(25)7-3-15/h2-12,21,24H,13H2,1H3/t21-,24-/m1/s1. The monoisotopic (exact) mass is 540 g/mol. The van der Waals surface area contributed by atoms with Crippen molar-refractivity contribution in [2.45, 2.75) is 18.7 Å². The Morgan fingerprint density at radius 2 is 1.74 bits per heavy atom. The highest BCUT2D eigenvalue weighted by molar-refractivity contribution is 9.10. The number of carbonyl (C=O) groups is 1. The number of Topliss-reactive ketones (excluding diaryl/α,β-unsaturated/α-hetero) is 1. The van der Waals surface area contributed by atoms with E-state index in [0.717, 1.165) is 31.5 Å². The van der Waals surface area contributed by atoms with Crippen LogP contribution in [0.2, 0.25) is 0 Å². The van der Waals surface area contributed by atoms with Crippen molar-refractivity contribution in [3.8, 4) is 11.5 Å². The van der Waals surface area contributed by atoms with Crippen LogP contribution in [0, 0.1) is 0 Å². The third-order valence-corrected chi connectivity index (χ3v) is 6.55. The maximum absolute atomic E-state index is 13.4. The molecule has 0 fully saturated rings. The third-order valence-electron chi connectivity index (χ3n) is 5.53. The zero-order chi connectivity index (χ0) is 21.5. The minimum Gasteiger partial charge on any atom is -0.497 e. The fourth-order valence-corrected chi connectivity index (χ4v) is 4.59. The van der Waals surface area contributed by atoms with Crippen LogP contribution in [-0.2, 0) is 0 Å². The Balaban J connectivity index is 1.55. The average molecular weight is 542 g/mol. The Kier molecular flexibility index (Phi) is 5.32. The molecular formula is C24H18Br2N2O3. The van der Waals surface area contributed by atoms with E-state index in [1.807, 2.05) is 54.6 Å². The van der Waals surface area contributed by atoms with Gasteiger partial charge < -0.3 is 9.47 Å². The van der Waals surface area contributed by atoms with E-state index in [9.17, 15) is 4.79 Å². The smallest absolute Gasteiger partial charge is 0.251 e. The van der Waals surface area contributed by atoms with E-state index >= 15 is 0 Å². The SMILES string of the molecule is COc1ccc(C2=NN3[C@@H](C(=O)c4ccc(Br)cc4)Oc4ccc(Br)cc4[C@H]3C2)cc1. The molecule has 3 aromatic rings. The topological polar surface area (TPSA) is 51.1 Å². The minimum atomic E-state index is -0.824. The molecule has 3 aromatic carbocycles. The number of carbonyl (C=O) groups excluding carboxylic acids is 1. The molecule has 0 amide bonds. The highest BCUT2D eigenvalue weighted by atomic mass is 79.9. The summed E-state index contributed by atoms with van der Waals surface area (Å²) in [5.74, 6) is 1.39. The summed E-state index contributed by atoms with van der Waals surface area (Å²) in [5, 5.41) is 6.65. The Morgan fingerprint density at radius 1 is 1.03 bits per heavy atom. The van der Waals surface area contributed by atoms with Crippen LogP contribution in [0.5, 0.6) is 11.5 Å². The second kappa shape index (κ2) is 8.13. The molecule has 0 bridgehead atoms. The number of halogens is 2. The van der Waals surface area contributed by atoms with Gasteiger partial charge in [0.15, 0.2) is 0 Å². The molecule has 0 aromatic heterocycles. The van der Waals surface area contributed by atoms with E-state index in [-0.39, 0.29) is 11.8 Å². The molecule has 5 nitrogen and oxygen atoms in total. The molecule has 0 saturated carbocycles. The first kappa shape index (κ1) is 20.3. The first-order valence-corrected chi connectivity index (χ1v) is 11.4. The molecule has 2 aliphatic rings. The van der Waals surface area contributed by atoms with Crippen molar-refractivity contribution in [3.05, 3.63) is 92.4 Å². The van der Waals surface area contributed by atoms with Gasteiger partial charge in [-0.2, -0.15) is 5.10 Å². The van der Waals surface area contributed by atoms with Gasteiger partial charge in [0.1, 0.15) is 11.5 Å². The van der Waals surface area contributed by atoms with Crippen molar-refractivity contribution >= 4 is 43.4 Å². The van der Waals surface area contributed by atoms with E-state index in [4.69, 9.17) is 14.6 Å². The lowest BCUT2D eigenvalue weighted by atomic mass is 9.96. The molecule has 0 radical (unpaired) electrons. The summed E-state index contributed by atoms with van der Waals surface area (Å²) in [7, 11) is 1.65. The molecule has 0 saturated heterocycles. The molecule has 31 heavy (non-hydrogen) atoms. The maximum Gasteiger partial charge on any atom is 0.251 e. The second-order valence-corrected chi connectivity index (χ2v) is 9.23. The number of benzene rings is 3. The van der Waals surface area contributed by atoms with Crippen molar-refractivity contribution in [2.24, 2.45) is 5.10 Å². The second-order valence-electron chi connectivity index (χ2n) is 7.40. The summed E-state index contributed by atoms with van der Waals surface area (Å²) in [5.41, 5.74) is 3.52. The van der Waals surface area contributed by atoms with Gasteiger partial charge in [-0.25, -0.2) is 5.01 Å². The summed E-state index contributed by atoms with van der Waals surface area (Å²) < 4.78 is 13.3. The molecular weight excluding hydrogens is 524 g/mol. The Hall–Kier alpha value is -2.64. The molecule has 2 heterocycles. The third kappa shape index (κ3) is 3.77. The van der Waals surface area contributed by atoms with Crippen molar-refractivity contribution in [1.29, 1.82) is 0 Å². The van der Waals surface area contributed by atoms with Crippen molar-refractivity contribution in [2.75, 3.05) is 7.11 Å². The van der Waals surface area contributed by atoms with Gasteiger partial charge in [-0.1, -0.05) is 44.0 Å². The maximum atomic E-state index is 13.4. The molecule has 0 spiro atoms. The van der Waals surface area contributed by atoms with Gasteiger partial charge in [0, 0.05) is 26.5 Å². The lowest BCUT2D eigenvalue weighted by Crippen LogP contribution is -2.45. The van der Waals surface area contributed by atoms with Crippen LogP contribution in [0.1, 0.15) is 33.9 Å². The molecule has 0 N–H and O–H groups in total. The fraction of sp³-hybridized carbons (Fsp3) is 0.167. The number of hydrazone groups is 1. The van der Waals surface area contributed by atoms with Crippen LogP contribution in [0.3, 0.4) is 0 Å². The zero-order valence-electron chi connectivity index (χ0n) is 16.6. The van der Waals surface area contributed by atoms with Crippen molar-refractivity contribution in [3.63, 3.8) is 0 Å². The van der Waals surface area contributed by atoms with Crippen molar-refractivity contribution < 1.29 is 14.3 Å². The van der Waals surface area contributed by atoms with Gasteiger partial charge in [0.05, 0.1) is 18.9 Å². The van der Waals surface area contributed by atoms with E-state index in [1.54, 1.807) is 24.3 Å². The zero-order valence-corrected chi connectivity index (χ0v) is 19.8. The first-order valence-electron chi connectivity index (χ1n) is 9.79. The molecule has 2 aliphatic heterocycles. The summed E-state index contributed by atoms with van der Waals surface area (Å²) in [6.45, 7) is 0. The van der Waals surface area contributed by atoms with E-state index in [1.165, 1.54) is 0 Å². The lowest BCUT2D eigenvalue weighted by molar-refractivity contribution is -0.00459. The Bertz CT molecular complexity index is 1180. The number of ketones is 1. The highest BCUT2D eigenvalue weighted by Crippen LogP contribution is 2.44. The van der Waals surface area contributed by atoms with Gasteiger partial charge >= 0.3 is 0 Å². The predicted octanol–water partition coefficient (Wildman–Crippen LogP) is 5.97. The number of rotatable bonds is 4. The number of fused-ring (bicyclic) bond motifs is 3. The Labute approximate surface area is 196 Å². The summed E-state index contributed by atoms with van der Waals surface area (Å²) in [6, 6.07) is 20.9. The van der Waals surface area contributed by atoms with E-state index in [0.29, 0.717) is 17.7 Å². The number of ether oxygens (including phenoxy) is 2. The Morgan fingerprint density at radius 3 is 2.45 bits per heavy atom. The van der Waals surface area contributed by atoms with E-state index < -0.39 is 6.23 Å². The van der Waals surface area contributed by atoms with Crippen LogP contribution >= 0.6 is 31.9 Å². The minimum absolute atomic E-state index is 0.0808. The average Bonchev–Trinajstić information content (AvgIpc) is 3.24. The summed E-state index contributed by atoms with van der Waals surface area (Å²) in [4.78, 5) is 13.4. The van der Waals surface area contributed by atoms with Crippen LogP contribution in [0.25, 0.3) is 0 Å². The highest BCUT2D eigenvalue weighted by Gasteiger charge is 2.43. The van der Waals surface area contributed by atoms with Crippen molar-refractivity contribution in [1.82, 2.24) is 5.01 Å². The lowest BCUT2D eigenvalue weighted by Gasteiger charge is -2.37. The van der Waals surface area contributed by atoms with Crippen LogP contribution in [-0.4, -0.2) is 29.8 Å². The van der Waals surface area contributed by atoms with Crippen LogP contribution < -0.4 is 9.47 Å². The van der Waals surface area contributed by atoms with Crippen LogP contribution in [0.4, 0.5) is 0 Å². The molecule has 0 unspecified atom stereocenters. The van der Waals surface area contributed by atoms with E-state index in [2.05, 4.69) is 31.9 Å². The fourth-order valence-electron chi connectivity index (χ4n) is 3.95.